The SMILES string of the molecule is NS(=O)(=O)c1cc(C(=O)[O-])cc(OCc2ccccc2)c1C(=O)c1ccccc1.[Na+]. The third kappa shape index (κ3) is 5.56. The average Bonchev–Trinajstić information content (AvgIpc) is 2.71. The van der Waals surface area contributed by atoms with E-state index in [1.165, 1.54) is 12.1 Å². The average molecular weight is 433 g/mol. The predicted octanol–water partition coefficient (Wildman–Crippen LogP) is -1.49. The van der Waals surface area contributed by atoms with E-state index < -0.39 is 32.2 Å². The minimum atomic E-state index is -4.44. The molecule has 0 aliphatic heterocycles. The topological polar surface area (TPSA) is 127 Å². The van der Waals surface area contributed by atoms with Gasteiger partial charge in [-0.3, -0.25) is 4.79 Å². The number of nitrogens with two attached hydrogens (primary N) is 1. The maximum Gasteiger partial charge on any atom is 1.00 e. The third-order valence-corrected chi connectivity index (χ3v) is 5.04. The van der Waals surface area contributed by atoms with E-state index in [1.807, 2.05) is 6.07 Å². The van der Waals surface area contributed by atoms with Crippen LogP contribution >= 0.6 is 0 Å². The van der Waals surface area contributed by atoms with Crippen molar-refractivity contribution in [3.8, 4) is 5.75 Å². The van der Waals surface area contributed by atoms with Crippen LogP contribution in [0.2, 0.25) is 0 Å². The van der Waals surface area contributed by atoms with E-state index in [1.54, 1.807) is 42.5 Å². The number of hydrogen-bond donors (Lipinski definition) is 1. The van der Waals surface area contributed by atoms with Crippen LogP contribution in [0.4, 0.5) is 0 Å². The van der Waals surface area contributed by atoms with E-state index in [9.17, 15) is 23.1 Å². The number of carboxylic acid groups (broad SMARTS) is 1. The summed E-state index contributed by atoms with van der Waals surface area (Å²) in [6.07, 6.45) is 0. The fourth-order valence-electron chi connectivity index (χ4n) is 2.74. The van der Waals surface area contributed by atoms with E-state index in [-0.39, 0.29) is 53.0 Å². The van der Waals surface area contributed by atoms with Crippen molar-refractivity contribution in [2.45, 2.75) is 11.5 Å². The molecule has 3 rings (SSSR count). The molecule has 30 heavy (non-hydrogen) atoms. The molecule has 0 fully saturated rings. The molecule has 0 radical (unpaired) electrons. The number of ketones is 1. The Morgan fingerprint density at radius 2 is 1.47 bits per heavy atom. The van der Waals surface area contributed by atoms with E-state index in [0.29, 0.717) is 0 Å². The van der Waals surface area contributed by atoms with Crippen molar-refractivity contribution in [1.82, 2.24) is 0 Å². The van der Waals surface area contributed by atoms with Crippen LogP contribution in [0.15, 0.2) is 77.7 Å². The number of rotatable bonds is 7. The van der Waals surface area contributed by atoms with E-state index in [2.05, 4.69) is 0 Å². The van der Waals surface area contributed by atoms with Gasteiger partial charge in [-0.15, -0.1) is 0 Å². The maximum atomic E-state index is 13.1. The Hall–Kier alpha value is -2.49. The van der Waals surface area contributed by atoms with Gasteiger partial charge in [0.2, 0.25) is 10.0 Å². The van der Waals surface area contributed by atoms with E-state index in [4.69, 9.17) is 9.88 Å². The maximum absolute atomic E-state index is 13.1. The van der Waals surface area contributed by atoms with Gasteiger partial charge in [0.25, 0.3) is 0 Å². The molecule has 0 aliphatic carbocycles. The molecule has 3 aromatic carbocycles. The molecule has 0 aromatic heterocycles. The van der Waals surface area contributed by atoms with Crippen LogP contribution in [-0.4, -0.2) is 20.2 Å². The van der Waals surface area contributed by atoms with Gasteiger partial charge in [0.1, 0.15) is 12.4 Å². The second-order valence-corrected chi connectivity index (χ2v) is 7.68. The van der Waals surface area contributed by atoms with Crippen molar-refractivity contribution < 1.29 is 57.4 Å². The van der Waals surface area contributed by atoms with Crippen LogP contribution < -0.4 is 44.5 Å². The number of carbonyl (C=O) groups is 2. The molecule has 0 amide bonds. The first-order valence-corrected chi connectivity index (χ1v) is 10.0. The Balaban J connectivity index is 0.00000320. The Bertz CT molecular complexity index is 1160. The molecule has 3 aromatic rings. The van der Waals surface area contributed by atoms with Crippen LogP contribution in [0.3, 0.4) is 0 Å². The Morgan fingerprint density at radius 1 is 0.900 bits per heavy atom. The van der Waals surface area contributed by atoms with Gasteiger partial charge in [-0.25, -0.2) is 13.6 Å². The van der Waals surface area contributed by atoms with Crippen molar-refractivity contribution in [1.29, 1.82) is 0 Å². The number of primary sulfonamides is 1. The van der Waals surface area contributed by atoms with Gasteiger partial charge in [-0.05, 0) is 17.7 Å². The van der Waals surface area contributed by atoms with Gasteiger partial charge >= 0.3 is 29.6 Å². The molecule has 0 heterocycles. The third-order valence-electron chi connectivity index (χ3n) is 4.11. The van der Waals surface area contributed by atoms with Gasteiger partial charge in [-0.1, -0.05) is 60.7 Å². The molecular formula is C21H16NNaO6S. The number of benzene rings is 3. The zero-order chi connectivity index (χ0) is 21.0. The summed E-state index contributed by atoms with van der Waals surface area (Å²) in [4.78, 5) is 23.8. The van der Waals surface area contributed by atoms with Crippen molar-refractivity contribution in [3.63, 3.8) is 0 Å². The van der Waals surface area contributed by atoms with Crippen molar-refractivity contribution in [2.75, 3.05) is 0 Å². The van der Waals surface area contributed by atoms with Crippen molar-refractivity contribution >= 4 is 21.8 Å². The number of sulfonamides is 1. The summed E-state index contributed by atoms with van der Waals surface area (Å²) in [6, 6.07) is 18.7. The molecule has 7 nitrogen and oxygen atoms in total. The Morgan fingerprint density at radius 3 is 2.00 bits per heavy atom. The summed E-state index contributed by atoms with van der Waals surface area (Å²) < 4.78 is 30.0. The minimum absolute atomic E-state index is 0. The second-order valence-electron chi connectivity index (χ2n) is 6.15. The molecule has 0 aliphatic rings. The molecule has 0 atom stereocenters. The summed E-state index contributed by atoms with van der Waals surface area (Å²) in [5, 5.41) is 16.6. The first-order valence-electron chi connectivity index (χ1n) is 8.46. The standard InChI is InChI=1S/C21H17NO6S.Na/c22-29(26,27)18-12-16(21(24)25)11-17(28-13-14-7-3-1-4-8-14)19(18)20(23)15-9-5-2-6-10-15;/h1-12H,13H2,(H,24,25)(H2,22,26,27);/q;+1/p-1. The van der Waals surface area contributed by atoms with Gasteiger partial charge in [0.15, 0.2) is 5.78 Å². The predicted molar refractivity (Wildman–Crippen MR) is 103 cm³/mol. The normalized spacial score (nSPS) is 10.7. The van der Waals surface area contributed by atoms with Crippen LogP contribution in [0, 0.1) is 0 Å². The molecule has 0 unspecified atom stereocenters. The van der Waals surface area contributed by atoms with Crippen LogP contribution in [0.5, 0.6) is 5.75 Å². The van der Waals surface area contributed by atoms with Gasteiger partial charge in [-0.2, -0.15) is 0 Å². The molecule has 0 spiro atoms. The number of hydrogen-bond acceptors (Lipinski definition) is 6. The van der Waals surface area contributed by atoms with Crippen LogP contribution in [-0.2, 0) is 16.6 Å². The number of carboxylic acids is 1. The van der Waals surface area contributed by atoms with Gasteiger partial charge in [0.05, 0.1) is 16.4 Å². The fourth-order valence-corrected chi connectivity index (χ4v) is 3.51. The number of ether oxygens (including phenoxy) is 1. The molecule has 0 saturated carbocycles. The molecule has 148 valence electrons. The molecule has 9 heteroatoms. The molecule has 2 N–H and O–H groups in total. The summed E-state index contributed by atoms with van der Waals surface area (Å²) in [5.74, 6) is -2.51. The number of carbonyl (C=O) groups excluding carboxylic acids is 2. The van der Waals surface area contributed by atoms with E-state index in [0.717, 1.165) is 17.7 Å². The summed E-state index contributed by atoms with van der Waals surface area (Å²) >= 11 is 0. The monoisotopic (exact) mass is 433 g/mol. The Labute approximate surface area is 195 Å². The van der Waals surface area contributed by atoms with E-state index >= 15 is 0 Å². The largest absolute Gasteiger partial charge is 1.00 e. The Kier molecular flexibility index (Phi) is 7.94. The van der Waals surface area contributed by atoms with Crippen molar-refractivity contribution in [2.24, 2.45) is 5.14 Å². The quantitative estimate of drug-likeness (QED) is 0.357. The van der Waals surface area contributed by atoms with Crippen LogP contribution in [0.25, 0.3) is 0 Å². The summed E-state index contributed by atoms with van der Waals surface area (Å²) in [6.45, 7) is -0.0174. The fraction of sp³-hybridized carbons (Fsp3) is 0.0476. The molecule has 0 bridgehead atoms. The molecular weight excluding hydrogens is 417 g/mol. The zero-order valence-corrected chi connectivity index (χ0v) is 18.9. The van der Waals surface area contributed by atoms with Crippen LogP contribution in [0.1, 0.15) is 31.8 Å². The summed E-state index contributed by atoms with van der Waals surface area (Å²) in [5.41, 5.74) is 0.131. The van der Waals surface area contributed by atoms with Gasteiger partial charge < -0.3 is 14.6 Å². The number of aromatic carboxylic acids is 1. The van der Waals surface area contributed by atoms with Gasteiger partial charge in [0, 0.05) is 11.1 Å². The molecule has 0 saturated heterocycles. The van der Waals surface area contributed by atoms with Crippen molar-refractivity contribution in [3.05, 3.63) is 95.1 Å². The second kappa shape index (κ2) is 10.0. The zero-order valence-electron chi connectivity index (χ0n) is 16.1. The summed E-state index contributed by atoms with van der Waals surface area (Å²) in [7, 11) is -4.44. The minimum Gasteiger partial charge on any atom is -0.545 e. The first kappa shape index (κ1) is 23.8. The first-order chi connectivity index (χ1) is 13.8. The smallest absolute Gasteiger partial charge is 0.545 e.